The van der Waals surface area contributed by atoms with E-state index in [1.165, 1.54) is 23.9 Å². The lowest BCUT2D eigenvalue weighted by Gasteiger charge is -2.70. The van der Waals surface area contributed by atoms with E-state index in [2.05, 4.69) is 10.4 Å². The number of Topliss-reactive ketones (excluding diaryl/α,β-unsaturated/α-hetero) is 1. The van der Waals surface area contributed by atoms with Crippen LogP contribution in [0.4, 0.5) is 4.39 Å². The van der Waals surface area contributed by atoms with Gasteiger partial charge in [-0.3, -0.25) is 14.3 Å². The molecule has 1 amide bonds. The highest BCUT2D eigenvalue weighted by atomic mass is 35.5. The van der Waals surface area contributed by atoms with Gasteiger partial charge in [0.1, 0.15) is 17.3 Å². The van der Waals surface area contributed by atoms with E-state index in [-0.39, 0.29) is 40.0 Å². The van der Waals surface area contributed by atoms with Crippen molar-refractivity contribution in [2.75, 3.05) is 13.7 Å². The Morgan fingerprint density at radius 2 is 2.03 bits per heavy atom. The van der Waals surface area contributed by atoms with Crippen molar-refractivity contribution in [1.82, 2.24) is 15.1 Å². The summed E-state index contributed by atoms with van der Waals surface area (Å²) in [6.45, 7) is -0.205. The lowest BCUT2D eigenvalue weighted by Crippen LogP contribution is -2.75. The Balaban J connectivity index is 1.25. The van der Waals surface area contributed by atoms with Crippen molar-refractivity contribution in [3.63, 3.8) is 0 Å². The Labute approximate surface area is 172 Å². The molecule has 1 heterocycles. The van der Waals surface area contributed by atoms with Crippen molar-refractivity contribution in [3.8, 4) is 11.6 Å². The Hall–Kier alpha value is -2.61. The van der Waals surface area contributed by atoms with E-state index in [4.69, 9.17) is 21.1 Å². The number of hydrogen-bond donors (Lipinski definition) is 1. The molecule has 2 bridgehead atoms. The third-order valence-electron chi connectivity index (χ3n) is 5.69. The molecule has 1 aromatic heterocycles. The van der Waals surface area contributed by atoms with E-state index in [0.29, 0.717) is 18.0 Å². The van der Waals surface area contributed by atoms with Crippen LogP contribution >= 0.6 is 11.6 Å². The van der Waals surface area contributed by atoms with E-state index in [1.807, 2.05) is 0 Å². The van der Waals surface area contributed by atoms with Crippen molar-refractivity contribution in [3.05, 3.63) is 40.8 Å². The number of rotatable bonds is 8. The van der Waals surface area contributed by atoms with Crippen LogP contribution in [0.15, 0.2) is 24.3 Å². The minimum absolute atomic E-state index is 0.0000748. The number of carbonyl (C=O) groups is 2. The molecule has 3 saturated carbocycles. The highest BCUT2D eigenvalue weighted by Crippen LogP contribution is 2.69. The van der Waals surface area contributed by atoms with Gasteiger partial charge in [0.15, 0.2) is 12.4 Å². The monoisotopic (exact) mass is 421 g/mol. The smallest absolute Gasteiger partial charge is 0.258 e. The molecule has 2 aromatic rings. The Kier molecular flexibility index (Phi) is 4.77. The molecule has 5 rings (SSSR count). The van der Waals surface area contributed by atoms with Gasteiger partial charge in [0, 0.05) is 31.1 Å². The molecular formula is C20H21ClFN3O4. The molecule has 0 radical (unpaired) electrons. The fourth-order valence-corrected chi connectivity index (χ4v) is 4.72. The van der Waals surface area contributed by atoms with Gasteiger partial charge < -0.3 is 14.8 Å². The lowest BCUT2D eigenvalue weighted by molar-refractivity contribution is -0.164. The number of aromatic nitrogens is 2. The number of nitrogens with zero attached hydrogens (tertiary/aromatic N) is 2. The van der Waals surface area contributed by atoms with Gasteiger partial charge in [0.05, 0.1) is 12.1 Å². The number of benzene rings is 1. The summed E-state index contributed by atoms with van der Waals surface area (Å²) < 4.78 is 25.3. The molecule has 3 fully saturated rings. The zero-order valence-electron chi connectivity index (χ0n) is 16.1. The average Bonchev–Trinajstić information content (AvgIpc) is 3.01. The average molecular weight is 422 g/mol. The van der Waals surface area contributed by atoms with Gasteiger partial charge in [0.2, 0.25) is 5.88 Å². The van der Waals surface area contributed by atoms with Crippen LogP contribution in [-0.4, -0.2) is 40.7 Å². The number of ketones is 1. The molecule has 1 aromatic carbocycles. The summed E-state index contributed by atoms with van der Waals surface area (Å²) in [5, 5.41) is 7.10. The zero-order valence-corrected chi connectivity index (χ0v) is 16.9. The van der Waals surface area contributed by atoms with Gasteiger partial charge in [-0.2, -0.15) is 0 Å². The topological polar surface area (TPSA) is 82.5 Å². The number of ether oxygens (including phenoxy) is 2. The highest BCUT2D eigenvalue weighted by Gasteiger charge is 2.68. The number of carbonyl (C=O) groups excluding carboxylic acids is 2. The molecule has 0 spiro atoms. The molecule has 3 aliphatic rings. The third-order valence-corrected chi connectivity index (χ3v) is 6.00. The predicted octanol–water partition coefficient (Wildman–Crippen LogP) is 2.91. The SMILES string of the molecule is COc1cc(C(=O)CC23CC(NC(=O)COc4ccc(Cl)c(F)c4)(C2)C3)n(C)n1. The summed E-state index contributed by atoms with van der Waals surface area (Å²) in [5.74, 6) is -0.180. The van der Waals surface area contributed by atoms with Gasteiger partial charge in [-0.15, -0.1) is 5.10 Å². The highest BCUT2D eigenvalue weighted by molar-refractivity contribution is 6.30. The van der Waals surface area contributed by atoms with E-state index >= 15 is 0 Å². The predicted molar refractivity (Wildman–Crippen MR) is 103 cm³/mol. The summed E-state index contributed by atoms with van der Waals surface area (Å²) in [6, 6.07) is 5.67. The fourth-order valence-electron chi connectivity index (χ4n) is 4.60. The van der Waals surface area contributed by atoms with Crippen LogP contribution in [-0.2, 0) is 11.8 Å². The van der Waals surface area contributed by atoms with E-state index in [9.17, 15) is 14.0 Å². The molecule has 3 aliphatic carbocycles. The second kappa shape index (κ2) is 7.02. The Morgan fingerprint density at radius 1 is 1.31 bits per heavy atom. The quantitative estimate of drug-likeness (QED) is 0.663. The maximum Gasteiger partial charge on any atom is 0.258 e. The van der Waals surface area contributed by atoms with Crippen LogP contribution in [0, 0.1) is 11.2 Å². The molecule has 9 heteroatoms. The molecule has 0 aliphatic heterocycles. The first-order valence-corrected chi connectivity index (χ1v) is 9.61. The molecule has 0 saturated heterocycles. The molecule has 0 atom stereocenters. The summed E-state index contributed by atoms with van der Waals surface area (Å²) in [6.07, 6.45) is 2.72. The second-order valence-electron chi connectivity index (χ2n) is 8.02. The molecule has 29 heavy (non-hydrogen) atoms. The van der Waals surface area contributed by atoms with Crippen molar-refractivity contribution < 1.29 is 23.5 Å². The van der Waals surface area contributed by atoms with Gasteiger partial charge in [-0.05, 0) is 36.8 Å². The maximum absolute atomic E-state index is 13.4. The Bertz CT molecular complexity index is 970. The first-order valence-electron chi connectivity index (χ1n) is 9.23. The van der Waals surface area contributed by atoms with Crippen LogP contribution in [0.5, 0.6) is 11.6 Å². The summed E-state index contributed by atoms with van der Waals surface area (Å²) in [7, 11) is 3.23. The zero-order chi connectivity index (χ0) is 20.8. The van der Waals surface area contributed by atoms with Crippen LogP contribution in [0.2, 0.25) is 5.02 Å². The number of nitrogens with one attached hydrogen (secondary N) is 1. The first kappa shape index (κ1) is 19.7. The largest absolute Gasteiger partial charge is 0.484 e. The summed E-state index contributed by atoms with van der Waals surface area (Å²) in [5.41, 5.74) is 0.214. The van der Waals surface area contributed by atoms with Crippen molar-refractivity contribution in [2.24, 2.45) is 12.5 Å². The molecule has 7 nitrogen and oxygen atoms in total. The number of aryl methyl sites for hydroxylation is 1. The summed E-state index contributed by atoms with van der Waals surface area (Å²) in [4.78, 5) is 24.8. The lowest BCUT2D eigenvalue weighted by atomic mass is 9.38. The maximum atomic E-state index is 13.4. The number of halogens is 2. The van der Waals surface area contributed by atoms with Gasteiger partial charge in [0.25, 0.3) is 5.91 Å². The fraction of sp³-hybridized carbons (Fsp3) is 0.450. The van der Waals surface area contributed by atoms with Crippen LogP contribution in [0.25, 0.3) is 0 Å². The molecule has 1 N–H and O–H groups in total. The minimum atomic E-state index is -0.596. The normalized spacial score (nSPS) is 24.3. The van der Waals surface area contributed by atoms with E-state index in [0.717, 1.165) is 25.3 Å². The van der Waals surface area contributed by atoms with Crippen LogP contribution < -0.4 is 14.8 Å². The van der Waals surface area contributed by atoms with E-state index < -0.39 is 5.82 Å². The molecule has 154 valence electrons. The first-order chi connectivity index (χ1) is 13.7. The number of methoxy groups -OCH3 is 1. The standard InChI is InChI=1S/C20H21ClFN3O4/c1-25-15(6-18(24-25)28-2)16(26)7-19-9-20(10-19,11-19)23-17(27)8-29-12-3-4-13(21)14(22)5-12/h3-6H,7-11H2,1-2H3,(H,23,27). The Morgan fingerprint density at radius 3 is 2.66 bits per heavy atom. The van der Waals surface area contributed by atoms with Crippen LogP contribution in [0.1, 0.15) is 36.2 Å². The number of hydrogen-bond acceptors (Lipinski definition) is 5. The van der Waals surface area contributed by atoms with Gasteiger partial charge >= 0.3 is 0 Å². The van der Waals surface area contributed by atoms with Gasteiger partial charge in [-0.25, -0.2) is 4.39 Å². The molecular weight excluding hydrogens is 401 g/mol. The minimum Gasteiger partial charge on any atom is -0.484 e. The van der Waals surface area contributed by atoms with Crippen molar-refractivity contribution >= 4 is 23.3 Å². The molecule has 0 unspecified atom stereocenters. The summed E-state index contributed by atoms with van der Waals surface area (Å²) >= 11 is 5.62. The van der Waals surface area contributed by atoms with Gasteiger partial charge in [-0.1, -0.05) is 11.6 Å². The second-order valence-corrected chi connectivity index (χ2v) is 8.43. The van der Waals surface area contributed by atoms with Crippen LogP contribution in [0.3, 0.4) is 0 Å². The van der Waals surface area contributed by atoms with E-state index in [1.54, 1.807) is 13.1 Å². The van der Waals surface area contributed by atoms with Crippen molar-refractivity contribution in [1.29, 1.82) is 0 Å². The number of amides is 1. The van der Waals surface area contributed by atoms with Crippen molar-refractivity contribution in [2.45, 2.75) is 31.2 Å². The third kappa shape index (κ3) is 3.69.